The van der Waals surface area contributed by atoms with Gasteiger partial charge < -0.3 is 31.6 Å². The highest BCUT2D eigenvalue weighted by molar-refractivity contribution is 6.39. The molecule has 2 saturated heterocycles. The molecule has 0 unspecified atom stereocenters. The molecule has 9 heteroatoms. The van der Waals surface area contributed by atoms with Gasteiger partial charge in [0.05, 0.1) is 23.6 Å². The summed E-state index contributed by atoms with van der Waals surface area (Å²) in [6, 6.07) is 1.89. The number of rotatable bonds is 5. The minimum Gasteiger partial charge on any atom is -0.386 e. The van der Waals surface area contributed by atoms with Gasteiger partial charge in [0.25, 0.3) is 0 Å². The molecule has 2 amide bonds. The van der Waals surface area contributed by atoms with Crippen LogP contribution in [0.1, 0.15) is 45.1 Å². The van der Waals surface area contributed by atoms with Crippen molar-refractivity contribution in [2.75, 3.05) is 37.7 Å². The number of hydrogen-bond acceptors (Lipinski definition) is 7. The van der Waals surface area contributed by atoms with E-state index in [9.17, 15) is 9.59 Å². The van der Waals surface area contributed by atoms with Gasteiger partial charge in [-0.05, 0) is 74.9 Å². The number of nitrogens with one attached hydrogen (secondary N) is 3. The molecule has 0 bridgehead atoms. The van der Waals surface area contributed by atoms with E-state index in [-0.39, 0.29) is 6.04 Å². The average Bonchev–Trinajstić information content (AvgIpc) is 2.88. The summed E-state index contributed by atoms with van der Waals surface area (Å²) < 4.78 is 0. The molecule has 0 aromatic carbocycles. The van der Waals surface area contributed by atoms with Crippen LogP contribution in [0.4, 0.5) is 11.5 Å². The normalized spacial score (nSPS) is 25.6. The number of nitrogens with zero attached hydrogens (tertiary/aromatic N) is 3. The SMILES string of the molecule is CCc1cc(NC(=O)C(=O)N2C[C@@H](C)CC[C@@H]2C2=CC(=N)/C(=C\N[C@@H]3CCCN(C)C3)C=C2)cnc1N. The number of nitrogens with two attached hydrogens (primary N) is 1. The molecule has 9 nitrogen and oxygen atoms in total. The van der Waals surface area contributed by atoms with Gasteiger partial charge in [-0.15, -0.1) is 0 Å². The van der Waals surface area contributed by atoms with Crippen LogP contribution >= 0.6 is 0 Å². The van der Waals surface area contributed by atoms with Crippen molar-refractivity contribution in [2.45, 2.75) is 58.0 Å². The molecule has 198 valence electrons. The number of pyridine rings is 1. The molecule has 2 fully saturated rings. The van der Waals surface area contributed by atoms with Gasteiger partial charge in [0.2, 0.25) is 0 Å². The van der Waals surface area contributed by atoms with Crippen molar-refractivity contribution < 1.29 is 9.59 Å². The van der Waals surface area contributed by atoms with Gasteiger partial charge in [0.15, 0.2) is 0 Å². The fourth-order valence-electron chi connectivity index (χ4n) is 5.33. The maximum absolute atomic E-state index is 13.3. The summed E-state index contributed by atoms with van der Waals surface area (Å²) in [5, 5.41) is 14.8. The monoisotopic (exact) mass is 505 g/mol. The molecule has 4 rings (SSSR count). The second-order valence-corrected chi connectivity index (χ2v) is 10.5. The van der Waals surface area contributed by atoms with E-state index in [2.05, 4.69) is 34.5 Å². The number of piperidine rings is 2. The Kier molecular flexibility index (Phi) is 8.43. The third-order valence-corrected chi connectivity index (χ3v) is 7.47. The number of aryl methyl sites for hydroxylation is 1. The molecule has 3 atom stereocenters. The Hall–Kier alpha value is -3.46. The number of aromatic nitrogens is 1. The van der Waals surface area contributed by atoms with Gasteiger partial charge in [-0.1, -0.05) is 26.0 Å². The fourth-order valence-corrected chi connectivity index (χ4v) is 5.33. The molecule has 0 saturated carbocycles. The highest BCUT2D eigenvalue weighted by atomic mass is 16.2. The number of allylic oxidation sites excluding steroid dienone is 3. The van der Waals surface area contributed by atoms with E-state index in [0.29, 0.717) is 42.1 Å². The Bertz CT molecular complexity index is 1140. The van der Waals surface area contributed by atoms with Crippen molar-refractivity contribution in [1.29, 1.82) is 5.41 Å². The number of carbonyl (C=O) groups excluding carboxylic acids is 2. The summed E-state index contributed by atoms with van der Waals surface area (Å²) in [5.74, 6) is -0.550. The first-order valence-corrected chi connectivity index (χ1v) is 13.2. The van der Waals surface area contributed by atoms with Crippen LogP contribution in [-0.2, 0) is 16.0 Å². The molecule has 1 aliphatic carbocycles. The van der Waals surface area contributed by atoms with Crippen LogP contribution in [0.3, 0.4) is 0 Å². The number of carbonyl (C=O) groups is 2. The lowest BCUT2D eigenvalue weighted by Crippen LogP contribution is -2.51. The average molecular weight is 506 g/mol. The lowest BCUT2D eigenvalue weighted by Gasteiger charge is -2.39. The number of nitrogen functional groups attached to an aromatic ring is 1. The molecule has 1 aromatic heterocycles. The second kappa shape index (κ2) is 11.7. The second-order valence-electron chi connectivity index (χ2n) is 10.5. The van der Waals surface area contributed by atoms with Crippen LogP contribution in [0.15, 0.2) is 47.8 Å². The quantitative estimate of drug-likeness (QED) is 0.456. The van der Waals surface area contributed by atoms with Crippen LogP contribution in [0, 0.1) is 11.3 Å². The zero-order valence-corrected chi connectivity index (χ0v) is 22.1. The van der Waals surface area contributed by atoms with Crippen molar-refractivity contribution in [3.63, 3.8) is 0 Å². The summed E-state index contributed by atoms with van der Waals surface area (Å²) in [4.78, 5) is 34.4. The molecule has 37 heavy (non-hydrogen) atoms. The Morgan fingerprint density at radius 2 is 2.05 bits per heavy atom. The Morgan fingerprint density at radius 1 is 1.24 bits per heavy atom. The van der Waals surface area contributed by atoms with Gasteiger partial charge in [-0.3, -0.25) is 9.59 Å². The van der Waals surface area contributed by atoms with Crippen molar-refractivity contribution in [2.24, 2.45) is 5.92 Å². The minimum absolute atomic E-state index is 0.247. The smallest absolute Gasteiger partial charge is 0.313 e. The first-order valence-electron chi connectivity index (χ1n) is 13.2. The highest BCUT2D eigenvalue weighted by Gasteiger charge is 2.35. The minimum atomic E-state index is -0.689. The maximum Gasteiger partial charge on any atom is 0.313 e. The largest absolute Gasteiger partial charge is 0.386 e. The Labute approximate surface area is 219 Å². The van der Waals surface area contributed by atoms with Gasteiger partial charge >= 0.3 is 11.8 Å². The predicted molar refractivity (Wildman–Crippen MR) is 147 cm³/mol. The van der Waals surface area contributed by atoms with Gasteiger partial charge in [0.1, 0.15) is 5.82 Å². The van der Waals surface area contributed by atoms with E-state index in [4.69, 9.17) is 11.1 Å². The van der Waals surface area contributed by atoms with Crippen molar-refractivity contribution >= 4 is 29.0 Å². The topological polar surface area (TPSA) is 127 Å². The molecule has 0 spiro atoms. The van der Waals surface area contributed by atoms with Crippen LogP contribution in [0.5, 0.6) is 0 Å². The number of hydrogen-bond donors (Lipinski definition) is 4. The first-order chi connectivity index (χ1) is 17.7. The fraction of sp³-hybridized carbons (Fsp3) is 0.500. The van der Waals surface area contributed by atoms with E-state index in [0.717, 1.165) is 49.1 Å². The molecule has 3 aliphatic rings. The molecular formula is C28H39N7O2. The number of likely N-dealkylation sites (tertiary alicyclic amines) is 2. The first kappa shape index (κ1) is 26.6. The van der Waals surface area contributed by atoms with E-state index in [1.807, 2.05) is 31.4 Å². The van der Waals surface area contributed by atoms with Crippen LogP contribution in [0.25, 0.3) is 0 Å². The van der Waals surface area contributed by atoms with Crippen LogP contribution in [0.2, 0.25) is 0 Å². The standard InChI is InChI=1S/C28H39N7O2/c1-4-19-12-23(15-32-26(19)30)33-27(36)28(37)35-16-18(2)7-10-25(35)20-8-9-21(24(29)13-20)14-31-22-6-5-11-34(3)17-22/h8-9,12-15,18,22,25,29,31H,4-7,10-11,16-17H2,1-3H3,(H2,30,32)(H,33,36)/b21-14-,29-24?/t18-,22+,25+/m0/s1. The summed E-state index contributed by atoms with van der Waals surface area (Å²) in [5.41, 5.74) is 9.25. The third kappa shape index (κ3) is 6.46. The van der Waals surface area contributed by atoms with Crippen molar-refractivity contribution in [1.82, 2.24) is 20.1 Å². The van der Waals surface area contributed by atoms with Gasteiger partial charge in [0, 0.05) is 30.9 Å². The Balaban J connectivity index is 1.44. The van der Waals surface area contributed by atoms with E-state index < -0.39 is 11.8 Å². The van der Waals surface area contributed by atoms with E-state index in [1.165, 1.54) is 12.6 Å². The molecule has 2 aliphatic heterocycles. The van der Waals surface area contributed by atoms with E-state index in [1.54, 1.807) is 11.0 Å². The lowest BCUT2D eigenvalue weighted by atomic mass is 9.86. The molecule has 5 N–H and O–H groups in total. The number of anilines is 2. The van der Waals surface area contributed by atoms with Gasteiger partial charge in [-0.2, -0.15) is 0 Å². The van der Waals surface area contributed by atoms with Crippen LogP contribution < -0.4 is 16.4 Å². The lowest BCUT2D eigenvalue weighted by molar-refractivity contribution is -0.145. The van der Waals surface area contributed by atoms with Crippen molar-refractivity contribution in [3.8, 4) is 0 Å². The molecule has 0 radical (unpaired) electrons. The van der Waals surface area contributed by atoms with Crippen LogP contribution in [-0.4, -0.2) is 71.1 Å². The predicted octanol–water partition coefficient (Wildman–Crippen LogP) is 2.88. The number of amides is 2. The van der Waals surface area contributed by atoms with E-state index >= 15 is 0 Å². The molecule has 1 aromatic rings. The summed E-state index contributed by atoms with van der Waals surface area (Å²) in [6.45, 7) is 6.66. The third-order valence-electron chi connectivity index (χ3n) is 7.47. The summed E-state index contributed by atoms with van der Waals surface area (Å²) in [7, 11) is 2.13. The molecular weight excluding hydrogens is 466 g/mol. The summed E-state index contributed by atoms with van der Waals surface area (Å²) in [6.07, 6.45) is 13.8. The van der Waals surface area contributed by atoms with Crippen molar-refractivity contribution in [3.05, 3.63) is 53.4 Å². The summed E-state index contributed by atoms with van der Waals surface area (Å²) >= 11 is 0. The zero-order valence-electron chi connectivity index (χ0n) is 22.1. The Morgan fingerprint density at radius 3 is 2.78 bits per heavy atom. The zero-order chi connectivity index (χ0) is 26.5. The molecule has 3 heterocycles. The van der Waals surface area contributed by atoms with Gasteiger partial charge in [-0.25, -0.2) is 4.98 Å². The number of likely N-dealkylation sites (N-methyl/N-ethyl adjacent to an activating group) is 1. The maximum atomic E-state index is 13.3. The highest BCUT2D eigenvalue weighted by Crippen LogP contribution is 2.30.